The summed E-state index contributed by atoms with van der Waals surface area (Å²) in [5.74, 6) is 0.732. The molecule has 3 heteroatoms. The molecule has 0 aliphatic carbocycles. The Balaban J connectivity index is 1.59. The van der Waals surface area contributed by atoms with E-state index >= 15 is 0 Å². The van der Waals surface area contributed by atoms with Crippen LogP contribution in [0.1, 0.15) is 23.5 Å². The van der Waals surface area contributed by atoms with Crippen LogP contribution in [0.5, 0.6) is 0 Å². The van der Waals surface area contributed by atoms with Gasteiger partial charge in [-0.1, -0.05) is 24.3 Å². The number of likely N-dealkylation sites (tertiary alicyclic amines) is 1. The number of hydrogen-bond donors (Lipinski definition) is 1. The van der Waals surface area contributed by atoms with Gasteiger partial charge in [0.05, 0.1) is 13.2 Å². The van der Waals surface area contributed by atoms with Crippen molar-refractivity contribution in [1.82, 2.24) is 10.2 Å². The molecule has 0 bridgehead atoms. The Labute approximate surface area is 115 Å². The third kappa shape index (κ3) is 3.35. The second-order valence-electron chi connectivity index (χ2n) is 5.92. The highest BCUT2D eigenvalue weighted by Gasteiger charge is 2.21. The number of rotatable bonds is 3. The Bertz CT molecular complexity index is 398. The lowest BCUT2D eigenvalue weighted by Crippen LogP contribution is -2.42. The normalized spacial score (nSPS) is 28.7. The molecule has 0 amide bonds. The molecule has 2 aliphatic rings. The van der Waals surface area contributed by atoms with E-state index in [4.69, 9.17) is 4.74 Å². The highest BCUT2D eigenvalue weighted by molar-refractivity contribution is 5.27. The molecule has 1 N–H and O–H groups in total. The first-order valence-electron chi connectivity index (χ1n) is 7.40. The Hall–Kier alpha value is -0.900. The van der Waals surface area contributed by atoms with Crippen molar-refractivity contribution < 1.29 is 4.74 Å². The van der Waals surface area contributed by atoms with Crippen LogP contribution in [0.2, 0.25) is 0 Å². The van der Waals surface area contributed by atoms with Gasteiger partial charge >= 0.3 is 0 Å². The monoisotopic (exact) mass is 260 g/mol. The van der Waals surface area contributed by atoms with Crippen LogP contribution in [0.4, 0.5) is 0 Å². The number of hydrogen-bond acceptors (Lipinski definition) is 3. The lowest BCUT2D eigenvalue weighted by atomic mass is 9.96. The van der Waals surface area contributed by atoms with E-state index in [1.54, 1.807) is 0 Å². The second-order valence-corrected chi connectivity index (χ2v) is 5.92. The fourth-order valence-electron chi connectivity index (χ4n) is 3.17. The Kier molecular flexibility index (Phi) is 4.16. The zero-order chi connectivity index (χ0) is 13.1. The number of benzene rings is 1. The summed E-state index contributed by atoms with van der Waals surface area (Å²) in [5, 5.41) is 3.51. The minimum absolute atomic E-state index is 0.484. The number of ether oxygens (including phenoxy) is 1. The molecule has 2 aliphatic heterocycles. The molecule has 1 aromatic carbocycles. The van der Waals surface area contributed by atoms with E-state index in [9.17, 15) is 0 Å². The molecule has 0 spiro atoms. The summed E-state index contributed by atoms with van der Waals surface area (Å²) in [4.78, 5) is 2.42. The zero-order valence-corrected chi connectivity index (χ0v) is 11.8. The third-order valence-corrected chi connectivity index (χ3v) is 4.32. The van der Waals surface area contributed by atoms with Crippen LogP contribution in [0.15, 0.2) is 24.3 Å². The smallest absolute Gasteiger partial charge is 0.0623 e. The molecule has 1 aromatic rings. The van der Waals surface area contributed by atoms with E-state index in [0.717, 1.165) is 32.1 Å². The lowest BCUT2D eigenvalue weighted by Gasteiger charge is -2.24. The molecule has 104 valence electrons. The molecular formula is C16H24N2O. The van der Waals surface area contributed by atoms with Gasteiger partial charge in [-0.3, -0.25) is 0 Å². The van der Waals surface area contributed by atoms with Gasteiger partial charge in [0.15, 0.2) is 0 Å². The van der Waals surface area contributed by atoms with Gasteiger partial charge in [0.25, 0.3) is 0 Å². The third-order valence-electron chi connectivity index (χ3n) is 4.32. The van der Waals surface area contributed by atoms with Crippen LogP contribution in [0, 0.1) is 0 Å². The molecule has 2 fully saturated rings. The summed E-state index contributed by atoms with van der Waals surface area (Å²) in [7, 11) is 2.21. The van der Waals surface area contributed by atoms with Gasteiger partial charge in [0.2, 0.25) is 0 Å². The SMILES string of the molecule is CN1CCC(c2ccc(CC3COCCN3)cc2)C1. The maximum Gasteiger partial charge on any atom is 0.0623 e. The van der Waals surface area contributed by atoms with Crippen LogP contribution in [0.25, 0.3) is 0 Å². The predicted molar refractivity (Wildman–Crippen MR) is 77.6 cm³/mol. The van der Waals surface area contributed by atoms with Gasteiger partial charge in [0.1, 0.15) is 0 Å². The zero-order valence-electron chi connectivity index (χ0n) is 11.8. The van der Waals surface area contributed by atoms with Crippen molar-refractivity contribution in [2.75, 3.05) is 39.9 Å². The second kappa shape index (κ2) is 6.04. The van der Waals surface area contributed by atoms with Crippen molar-refractivity contribution >= 4 is 0 Å². The van der Waals surface area contributed by atoms with Crippen molar-refractivity contribution in [3.63, 3.8) is 0 Å². The van der Waals surface area contributed by atoms with E-state index in [1.807, 2.05) is 0 Å². The standard InChI is InChI=1S/C16H24N2O/c1-18-8-6-15(11-18)14-4-2-13(3-5-14)10-16-12-19-9-7-17-16/h2-5,15-17H,6-12H2,1H3. The molecule has 2 atom stereocenters. The summed E-state index contributed by atoms with van der Waals surface area (Å²) < 4.78 is 5.50. The van der Waals surface area contributed by atoms with Gasteiger partial charge in [-0.15, -0.1) is 0 Å². The van der Waals surface area contributed by atoms with Crippen molar-refractivity contribution in [2.45, 2.75) is 24.8 Å². The first kappa shape index (κ1) is 13.1. The van der Waals surface area contributed by atoms with E-state index in [1.165, 1.54) is 30.6 Å². The molecule has 2 saturated heterocycles. The average molecular weight is 260 g/mol. The summed E-state index contributed by atoms with van der Waals surface area (Å²) in [6.45, 7) is 5.12. The fourth-order valence-corrected chi connectivity index (χ4v) is 3.17. The quantitative estimate of drug-likeness (QED) is 0.894. The van der Waals surface area contributed by atoms with Gasteiger partial charge in [-0.2, -0.15) is 0 Å². The van der Waals surface area contributed by atoms with E-state index in [2.05, 4.69) is 41.5 Å². The van der Waals surface area contributed by atoms with Crippen molar-refractivity contribution in [3.05, 3.63) is 35.4 Å². The summed E-state index contributed by atoms with van der Waals surface area (Å²) in [6, 6.07) is 9.72. The molecule has 3 rings (SSSR count). The largest absolute Gasteiger partial charge is 0.379 e. The number of likely N-dealkylation sites (N-methyl/N-ethyl adjacent to an activating group) is 1. The van der Waals surface area contributed by atoms with Crippen LogP contribution in [0.3, 0.4) is 0 Å². The van der Waals surface area contributed by atoms with Gasteiger partial charge < -0.3 is 15.0 Å². The van der Waals surface area contributed by atoms with Crippen LogP contribution >= 0.6 is 0 Å². The molecule has 3 nitrogen and oxygen atoms in total. The average Bonchev–Trinajstić information content (AvgIpc) is 2.87. The Morgan fingerprint density at radius 3 is 2.79 bits per heavy atom. The van der Waals surface area contributed by atoms with Gasteiger partial charge in [0, 0.05) is 19.1 Å². The Morgan fingerprint density at radius 2 is 2.16 bits per heavy atom. The highest BCUT2D eigenvalue weighted by Crippen LogP contribution is 2.26. The molecule has 0 radical (unpaired) electrons. The molecule has 19 heavy (non-hydrogen) atoms. The maximum absolute atomic E-state index is 5.50. The highest BCUT2D eigenvalue weighted by atomic mass is 16.5. The first-order valence-corrected chi connectivity index (χ1v) is 7.40. The molecule has 2 unspecified atom stereocenters. The summed E-state index contributed by atoms with van der Waals surface area (Å²) in [6.07, 6.45) is 2.37. The van der Waals surface area contributed by atoms with Gasteiger partial charge in [-0.05, 0) is 43.5 Å². The minimum Gasteiger partial charge on any atom is -0.379 e. The molecule has 2 heterocycles. The molecular weight excluding hydrogens is 236 g/mol. The van der Waals surface area contributed by atoms with Crippen molar-refractivity contribution in [1.29, 1.82) is 0 Å². The van der Waals surface area contributed by atoms with Crippen molar-refractivity contribution in [2.24, 2.45) is 0 Å². The molecule has 0 aromatic heterocycles. The lowest BCUT2D eigenvalue weighted by molar-refractivity contribution is 0.0770. The fraction of sp³-hybridized carbons (Fsp3) is 0.625. The van der Waals surface area contributed by atoms with Crippen LogP contribution in [-0.4, -0.2) is 50.8 Å². The summed E-state index contributed by atoms with van der Waals surface area (Å²) >= 11 is 0. The first-order chi connectivity index (χ1) is 9.31. The van der Waals surface area contributed by atoms with Gasteiger partial charge in [-0.25, -0.2) is 0 Å². The minimum atomic E-state index is 0.484. The van der Waals surface area contributed by atoms with E-state index < -0.39 is 0 Å². The number of nitrogens with zero attached hydrogens (tertiary/aromatic N) is 1. The van der Waals surface area contributed by atoms with Crippen LogP contribution in [-0.2, 0) is 11.2 Å². The Morgan fingerprint density at radius 1 is 1.32 bits per heavy atom. The maximum atomic E-state index is 5.50. The predicted octanol–water partition coefficient (Wildman–Crippen LogP) is 1.64. The molecule has 0 saturated carbocycles. The van der Waals surface area contributed by atoms with Crippen molar-refractivity contribution in [3.8, 4) is 0 Å². The summed E-state index contributed by atoms with van der Waals surface area (Å²) in [5.41, 5.74) is 2.92. The number of morpholine rings is 1. The van der Waals surface area contributed by atoms with E-state index in [-0.39, 0.29) is 0 Å². The topological polar surface area (TPSA) is 24.5 Å². The van der Waals surface area contributed by atoms with Crippen LogP contribution < -0.4 is 5.32 Å². The number of nitrogens with one attached hydrogen (secondary N) is 1. The van der Waals surface area contributed by atoms with E-state index in [0.29, 0.717) is 6.04 Å².